The van der Waals surface area contributed by atoms with Crippen LogP contribution in [0, 0.1) is 0 Å². The smallest absolute Gasteiger partial charge is 0.253 e. The Morgan fingerprint density at radius 2 is 2.11 bits per heavy atom. The summed E-state index contributed by atoms with van der Waals surface area (Å²) in [4.78, 5) is 36.6. The van der Waals surface area contributed by atoms with Crippen LogP contribution in [-0.4, -0.2) is 39.7 Å². The van der Waals surface area contributed by atoms with E-state index in [0.29, 0.717) is 29.0 Å². The van der Waals surface area contributed by atoms with Gasteiger partial charge in [0.25, 0.3) is 5.91 Å². The number of aromatic nitrogens is 3. The molecule has 0 aliphatic carbocycles. The molecule has 0 saturated carbocycles. The molecular formula is C21H19N5O2. The van der Waals surface area contributed by atoms with Crippen molar-refractivity contribution >= 4 is 29.0 Å². The summed E-state index contributed by atoms with van der Waals surface area (Å²) >= 11 is 0. The Kier molecular flexibility index (Phi) is 3.75. The molecule has 7 nitrogen and oxygen atoms in total. The number of hydrogen-bond acceptors (Lipinski definition) is 5. The van der Waals surface area contributed by atoms with E-state index in [0.717, 1.165) is 29.7 Å². The normalized spacial score (nSPS) is 20.7. The molecule has 1 amide bonds. The third-order valence-corrected chi connectivity index (χ3v) is 5.34. The van der Waals surface area contributed by atoms with Crippen molar-refractivity contribution in [2.75, 3.05) is 11.9 Å². The number of nitrogens with zero attached hydrogens (tertiary/aromatic N) is 2. The Labute approximate surface area is 161 Å². The van der Waals surface area contributed by atoms with Gasteiger partial charge in [0.2, 0.25) is 0 Å². The van der Waals surface area contributed by atoms with E-state index in [2.05, 4.69) is 26.7 Å². The molecule has 3 aromatic rings. The monoisotopic (exact) mass is 373 g/mol. The number of para-hydroxylation sites is 1. The first-order valence-electron chi connectivity index (χ1n) is 9.34. The molecule has 3 N–H and O–H groups in total. The summed E-state index contributed by atoms with van der Waals surface area (Å²) in [6.07, 6.45) is 5.67. The molecule has 0 saturated heterocycles. The molecule has 0 radical (unpaired) electrons. The summed E-state index contributed by atoms with van der Waals surface area (Å²) < 4.78 is 0. The van der Waals surface area contributed by atoms with Gasteiger partial charge in [-0.1, -0.05) is 24.3 Å². The van der Waals surface area contributed by atoms with Crippen molar-refractivity contribution in [3.8, 4) is 11.3 Å². The minimum Gasteiger partial charge on any atom is -0.362 e. The first-order valence-corrected chi connectivity index (χ1v) is 9.34. The van der Waals surface area contributed by atoms with E-state index in [4.69, 9.17) is 4.98 Å². The number of fused-ring (bicyclic) bond motifs is 3. The van der Waals surface area contributed by atoms with Crippen LogP contribution in [0.4, 0.5) is 5.82 Å². The molecule has 5 rings (SSSR count). The minimum atomic E-state index is -0.0601. The van der Waals surface area contributed by atoms with E-state index in [1.165, 1.54) is 0 Å². The van der Waals surface area contributed by atoms with Crippen LogP contribution in [0.15, 0.2) is 36.4 Å². The van der Waals surface area contributed by atoms with E-state index in [-0.39, 0.29) is 23.6 Å². The van der Waals surface area contributed by atoms with E-state index in [1.54, 1.807) is 0 Å². The fraction of sp³-hybridized carbons (Fsp3) is 0.238. The zero-order valence-electron chi connectivity index (χ0n) is 15.3. The van der Waals surface area contributed by atoms with Gasteiger partial charge >= 0.3 is 0 Å². The minimum absolute atomic E-state index is 0.0191. The number of aromatic amines is 1. The van der Waals surface area contributed by atoms with Gasteiger partial charge in [0.15, 0.2) is 12.1 Å². The van der Waals surface area contributed by atoms with Crippen molar-refractivity contribution in [3.05, 3.63) is 53.4 Å². The van der Waals surface area contributed by atoms with Gasteiger partial charge in [0.05, 0.1) is 11.1 Å². The fourth-order valence-electron chi connectivity index (χ4n) is 3.95. The summed E-state index contributed by atoms with van der Waals surface area (Å²) in [6.45, 7) is 2.60. The van der Waals surface area contributed by atoms with Crippen LogP contribution < -0.4 is 10.6 Å². The molecule has 0 spiro atoms. The quantitative estimate of drug-likeness (QED) is 0.450. The van der Waals surface area contributed by atoms with Gasteiger partial charge in [-0.15, -0.1) is 0 Å². The number of carbonyl (C=O) groups is 2. The van der Waals surface area contributed by atoms with Gasteiger partial charge in [-0.3, -0.25) is 9.59 Å². The van der Waals surface area contributed by atoms with Crippen molar-refractivity contribution in [2.45, 2.75) is 25.3 Å². The summed E-state index contributed by atoms with van der Waals surface area (Å²) in [5.74, 6) is 0.583. The Balaban J connectivity index is 1.80. The predicted molar refractivity (Wildman–Crippen MR) is 107 cm³/mol. The highest BCUT2D eigenvalue weighted by molar-refractivity contribution is 6.00. The van der Waals surface area contributed by atoms with Crippen molar-refractivity contribution in [3.63, 3.8) is 0 Å². The van der Waals surface area contributed by atoms with Crippen LogP contribution in [-0.2, 0) is 0 Å². The lowest BCUT2D eigenvalue weighted by molar-refractivity contribution is 0.0939. The molecule has 2 unspecified atom stereocenters. The third kappa shape index (κ3) is 2.58. The van der Waals surface area contributed by atoms with Gasteiger partial charge in [0.1, 0.15) is 11.2 Å². The van der Waals surface area contributed by atoms with Gasteiger partial charge in [-0.25, -0.2) is 9.97 Å². The number of anilines is 1. The maximum absolute atomic E-state index is 12.4. The summed E-state index contributed by atoms with van der Waals surface area (Å²) in [7, 11) is 0. The van der Waals surface area contributed by atoms with Gasteiger partial charge in [-0.2, -0.15) is 0 Å². The lowest BCUT2D eigenvalue weighted by atomic mass is 9.94. The first-order chi connectivity index (χ1) is 13.6. The van der Waals surface area contributed by atoms with E-state index >= 15 is 0 Å². The Morgan fingerprint density at radius 1 is 1.21 bits per heavy atom. The number of H-pyrrole nitrogens is 1. The van der Waals surface area contributed by atoms with E-state index < -0.39 is 0 Å². The largest absolute Gasteiger partial charge is 0.362 e. The van der Waals surface area contributed by atoms with Crippen molar-refractivity contribution in [1.29, 1.82) is 0 Å². The fourth-order valence-corrected chi connectivity index (χ4v) is 3.95. The average Bonchev–Trinajstić information content (AvgIpc) is 3.14. The summed E-state index contributed by atoms with van der Waals surface area (Å²) in [6, 6.07) is 7.53. The van der Waals surface area contributed by atoms with Crippen LogP contribution in [0.3, 0.4) is 0 Å². The zero-order valence-corrected chi connectivity index (χ0v) is 15.3. The molecule has 7 heteroatoms. The molecule has 140 valence electrons. The number of amides is 1. The van der Waals surface area contributed by atoms with Crippen LogP contribution in [0.1, 0.15) is 45.8 Å². The third-order valence-electron chi connectivity index (χ3n) is 5.34. The molecule has 2 aliphatic heterocycles. The maximum Gasteiger partial charge on any atom is 0.253 e. The highest BCUT2D eigenvalue weighted by atomic mass is 16.1. The van der Waals surface area contributed by atoms with Crippen LogP contribution >= 0.6 is 0 Å². The second kappa shape index (κ2) is 6.30. The molecule has 2 aromatic heterocycles. The SMILES string of the molecule is CC1C=CCC2CNC(=O)c3cc([nH]c32)-c2cccc3nc(C=O)c(nc23)N1. The van der Waals surface area contributed by atoms with Gasteiger partial charge in [0, 0.05) is 35.5 Å². The molecule has 4 heterocycles. The number of carbonyl (C=O) groups excluding carboxylic acids is 2. The standard InChI is InChI=1S/C21H19N5O2/c1-11-4-2-5-12-9-22-21(28)14-8-16(25-18(12)14)13-6-3-7-15-19(13)26-20(23-11)17(10-27)24-15/h2-4,6-8,10-12,25H,5,9H2,1H3,(H,22,28)(H,23,26). The van der Waals surface area contributed by atoms with Crippen LogP contribution in [0.25, 0.3) is 22.3 Å². The number of rotatable bonds is 1. The Bertz CT molecular complexity index is 1150. The summed E-state index contributed by atoms with van der Waals surface area (Å²) in [5, 5.41) is 6.26. The highest BCUT2D eigenvalue weighted by Gasteiger charge is 2.28. The molecule has 4 bridgehead atoms. The number of hydrogen-bond donors (Lipinski definition) is 3. The first kappa shape index (κ1) is 16.7. The van der Waals surface area contributed by atoms with Crippen LogP contribution in [0.2, 0.25) is 0 Å². The number of benzene rings is 1. The number of aldehydes is 1. The summed E-state index contributed by atoms with van der Waals surface area (Å²) in [5.41, 5.74) is 4.92. The molecule has 2 aliphatic rings. The Morgan fingerprint density at radius 3 is 2.96 bits per heavy atom. The highest BCUT2D eigenvalue weighted by Crippen LogP contribution is 2.34. The number of allylic oxidation sites excluding steroid dienone is 1. The van der Waals surface area contributed by atoms with Crippen LogP contribution in [0.5, 0.6) is 0 Å². The molecule has 1 aromatic carbocycles. The molecule has 28 heavy (non-hydrogen) atoms. The van der Waals surface area contributed by atoms with E-state index in [1.807, 2.05) is 37.3 Å². The van der Waals surface area contributed by atoms with Crippen molar-refractivity contribution in [1.82, 2.24) is 20.3 Å². The molecule has 0 fully saturated rings. The van der Waals surface area contributed by atoms with E-state index in [9.17, 15) is 9.59 Å². The second-order valence-corrected chi connectivity index (χ2v) is 7.26. The van der Waals surface area contributed by atoms with Crippen molar-refractivity contribution in [2.24, 2.45) is 0 Å². The zero-order chi connectivity index (χ0) is 19.3. The Hall–Kier alpha value is -3.48. The topological polar surface area (TPSA) is 99.8 Å². The second-order valence-electron chi connectivity index (χ2n) is 7.26. The lowest BCUT2D eigenvalue weighted by Gasteiger charge is -2.22. The average molecular weight is 373 g/mol. The molecular weight excluding hydrogens is 354 g/mol. The van der Waals surface area contributed by atoms with Gasteiger partial charge < -0.3 is 15.6 Å². The van der Waals surface area contributed by atoms with Gasteiger partial charge in [-0.05, 0) is 25.5 Å². The lowest BCUT2D eigenvalue weighted by Crippen LogP contribution is -2.34. The number of nitrogens with one attached hydrogen (secondary N) is 3. The maximum atomic E-state index is 12.4. The van der Waals surface area contributed by atoms with Crippen molar-refractivity contribution < 1.29 is 9.59 Å². The molecule has 2 atom stereocenters. The predicted octanol–water partition coefficient (Wildman–Crippen LogP) is 3.02.